The van der Waals surface area contributed by atoms with Crippen LogP contribution in [0.15, 0.2) is 4.52 Å². The molecular weight excluding hydrogens is 170 g/mol. The lowest BCUT2D eigenvalue weighted by Crippen LogP contribution is -2.06. The van der Waals surface area contributed by atoms with E-state index in [-0.39, 0.29) is 12.1 Å². The van der Waals surface area contributed by atoms with Gasteiger partial charge in [-0.2, -0.15) is 4.98 Å². The molecule has 0 saturated carbocycles. The van der Waals surface area contributed by atoms with Gasteiger partial charge in [-0.25, -0.2) is 0 Å². The molecule has 2 N–H and O–H groups in total. The minimum absolute atomic E-state index is 0.0104. The first-order valence-electron chi connectivity index (χ1n) is 4.48. The third kappa shape index (κ3) is 1.71. The van der Waals surface area contributed by atoms with E-state index in [1.165, 1.54) is 0 Å². The van der Waals surface area contributed by atoms with Gasteiger partial charge in [0, 0.05) is 6.61 Å². The zero-order chi connectivity index (χ0) is 9.26. The number of aromatic nitrogens is 2. The molecule has 1 saturated heterocycles. The number of hydrogen-bond donors (Lipinski definition) is 1. The fraction of sp³-hybridized carbons (Fsp3) is 0.750. The second-order valence-electron chi connectivity index (χ2n) is 3.28. The van der Waals surface area contributed by atoms with Crippen molar-refractivity contribution in [2.24, 2.45) is 5.73 Å². The summed E-state index contributed by atoms with van der Waals surface area (Å²) in [4.78, 5) is 4.16. The molecular formula is C8H13N3O2. The fourth-order valence-corrected chi connectivity index (χ4v) is 1.34. The Kier molecular flexibility index (Phi) is 2.28. The molecule has 0 amide bonds. The average Bonchev–Trinajstić information content (AvgIpc) is 2.75. The third-order valence-electron chi connectivity index (χ3n) is 2.06. The predicted octanol–water partition coefficient (Wildman–Crippen LogP) is 0.941. The molecule has 0 aromatic carbocycles. The van der Waals surface area contributed by atoms with E-state index in [1.807, 2.05) is 6.92 Å². The van der Waals surface area contributed by atoms with Gasteiger partial charge in [0.15, 0.2) is 0 Å². The van der Waals surface area contributed by atoms with Crippen molar-refractivity contribution in [3.05, 3.63) is 11.7 Å². The van der Waals surface area contributed by atoms with Gasteiger partial charge >= 0.3 is 0 Å². The second-order valence-corrected chi connectivity index (χ2v) is 3.28. The number of ether oxygens (including phenoxy) is 1. The lowest BCUT2D eigenvalue weighted by Gasteiger charge is -2.01. The van der Waals surface area contributed by atoms with Gasteiger partial charge in [0.25, 0.3) is 0 Å². The summed E-state index contributed by atoms with van der Waals surface area (Å²) in [6, 6.07) is -0.206. The third-order valence-corrected chi connectivity index (χ3v) is 2.06. The van der Waals surface area contributed by atoms with Crippen LogP contribution in [0.5, 0.6) is 0 Å². The van der Waals surface area contributed by atoms with Gasteiger partial charge in [-0.3, -0.25) is 0 Å². The summed E-state index contributed by atoms with van der Waals surface area (Å²) in [7, 11) is 0. The Bertz CT molecular complexity index is 279. The zero-order valence-corrected chi connectivity index (χ0v) is 7.56. The van der Waals surface area contributed by atoms with Crippen LogP contribution in [0.3, 0.4) is 0 Å². The van der Waals surface area contributed by atoms with Crippen molar-refractivity contribution in [3.8, 4) is 0 Å². The Balaban J connectivity index is 2.12. The van der Waals surface area contributed by atoms with Gasteiger partial charge in [0.2, 0.25) is 11.7 Å². The van der Waals surface area contributed by atoms with Crippen LogP contribution in [-0.4, -0.2) is 16.7 Å². The highest BCUT2D eigenvalue weighted by molar-refractivity contribution is 4.95. The largest absolute Gasteiger partial charge is 0.370 e. The highest BCUT2D eigenvalue weighted by Crippen LogP contribution is 2.26. The Labute approximate surface area is 76.3 Å². The normalized spacial score (nSPS) is 24.9. The number of nitrogens with zero attached hydrogens (tertiary/aromatic N) is 2. The molecule has 5 nitrogen and oxygen atoms in total. The van der Waals surface area contributed by atoms with E-state index >= 15 is 0 Å². The monoisotopic (exact) mass is 183 g/mol. The standard InChI is InChI=1S/C8H13N3O2/c1-5(9)8-10-7(11-13-8)6-3-2-4-12-6/h5-6H,2-4,9H2,1H3. The highest BCUT2D eigenvalue weighted by atomic mass is 16.5. The first-order valence-corrected chi connectivity index (χ1v) is 4.48. The van der Waals surface area contributed by atoms with Crippen molar-refractivity contribution in [1.29, 1.82) is 0 Å². The minimum atomic E-state index is -0.206. The van der Waals surface area contributed by atoms with Crippen molar-refractivity contribution in [2.75, 3.05) is 6.61 Å². The first-order chi connectivity index (χ1) is 6.27. The summed E-state index contributed by atoms with van der Waals surface area (Å²) >= 11 is 0. The van der Waals surface area contributed by atoms with E-state index < -0.39 is 0 Å². The van der Waals surface area contributed by atoms with Crippen LogP contribution >= 0.6 is 0 Å². The molecule has 0 radical (unpaired) electrons. The van der Waals surface area contributed by atoms with Crippen molar-refractivity contribution in [1.82, 2.24) is 10.1 Å². The summed E-state index contributed by atoms with van der Waals surface area (Å²) in [6.07, 6.45) is 2.04. The van der Waals surface area contributed by atoms with Gasteiger partial charge in [0.05, 0.1) is 6.04 Å². The second kappa shape index (κ2) is 3.43. The predicted molar refractivity (Wildman–Crippen MR) is 44.8 cm³/mol. The highest BCUT2D eigenvalue weighted by Gasteiger charge is 2.23. The molecule has 1 fully saturated rings. The molecule has 5 heteroatoms. The van der Waals surface area contributed by atoms with Crippen LogP contribution in [0.25, 0.3) is 0 Å². The Morgan fingerprint density at radius 2 is 2.46 bits per heavy atom. The molecule has 0 spiro atoms. The van der Waals surface area contributed by atoms with Gasteiger partial charge in [-0.15, -0.1) is 0 Å². The van der Waals surface area contributed by atoms with Crippen LogP contribution in [0.4, 0.5) is 0 Å². The lowest BCUT2D eigenvalue weighted by molar-refractivity contribution is 0.103. The van der Waals surface area contributed by atoms with Crippen molar-refractivity contribution in [3.63, 3.8) is 0 Å². The molecule has 72 valence electrons. The zero-order valence-electron chi connectivity index (χ0n) is 7.56. The van der Waals surface area contributed by atoms with Crippen LogP contribution in [-0.2, 0) is 4.74 Å². The van der Waals surface area contributed by atoms with Gasteiger partial charge in [-0.1, -0.05) is 5.16 Å². The SMILES string of the molecule is CC(N)c1nc(C2CCCO2)no1. The fourth-order valence-electron chi connectivity index (χ4n) is 1.34. The van der Waals surface area contributed by atoms with Gasteiger partial charge < -0.3 is 15.0 Å². The molecule has 13 heavy (non-hydrogen) atoms. The molecule has 0 aliphatic carbocycles. The maximum absolute atomic E-state index is 5.59. The van der Waals surface area contributed by atoms with Crippen molar-refractivity contribution in [2.45, 2.75) is 31.9 Å². The lowest BCUT2D eigenvalue weighted by atomic mass is 10.2. The minimum Gasteiger partial charge on any atom is -0.370 e. The molecule has 2 atom stereocenters. The Morgan fingerprint density at radius 1 is 1.62 bits per heavy atom. The average molecular weight is 183 g/mol. The van der Waals surface area contributed by atoms with Gasteiger partial charge in [0.1, 0.15) is 6.10 Å². The van der Waals surface area contributed by atoms with E-state index in [9.17, 15) is 0 Å². The Hall–Kier alpha value is -0.940. The summed E-state index contributed by atoms with van der Waals surface area (Å²) in [5.74, 6) is 1.11. The van der Waals surface area contributed by atoms with Crippen molar-refractivity contribution < 1.29 is 9.26 Å². The molecule has 2 heterocycles. The number of rotatable bonds is 2. The quantitative estimate of drug-likeness (QED) is 0.738. The first kappa shape index (κ1) is 8.65. The molecule has 2 rings (SSSR count). The topological polar surface area (TPSA) is 74.2 Å². The molecule has 1 aromatic rings. The van der Waals surface area contributed by atoms with E-state index in [2.05, 4.69) is 10.1 Å². The summed E-state index contributed by atoms with van der Waals surface area (Å²) in [6.45, 7) is 2.60. The van der Waals surface area contributed by atoms with E-state index in [4.69, 9.17) is 15.0 Å². The van der Waals surface area contributed by atoms with Crippen LogP contribution in [0.1, 0.15) is 43.6 Å². The molecule has 1 aliphatic rings. The molecule has 1 aliphatic heterocycles. The van der Waals surface area contributed by atoms with Crippen molar-refractivity contribution >= 4 is 0 Å². The Morgan fingerprint density at radius 3 is 3.00 bits per heavy atom. The maximum Gasteiger partial charge on any atom is 0.243 e. The van der Waals surface area contributed by atoms with E-state index in [1.54, 1.807) is 0 Å². The van der Waals surface area contributed by atoms with Crippen LogP contribution in [0.2, 0.25) is 0 Å². The molecule has 2 unspecified atom stereocenters. The van der Waals surface area contributed by atoms with Gasteiger partial charge in [-0.05, 0) is 19.8 Å². The molecule has 1 aromatic heterocycles. The van der Waals surface area contributed by atoms with Crippen LogP contribution < -0.4 is 5.73 Å². The molecule has 0 bridgehead atoms. The number of hydrogen-bond acceptors (Lipinski definition) is 5. The van der Waals surface area contributed by atoms with E-state index in [0.717, 1.165) is 19.4 Å². The smallest absolute Gasteiger partial charge is 0.243 e. The maximum atomic E-state index is 5.59. The number of nitrogens with two attached hydrogens (primary N) is 1. The summed E-state index contributed by atoms with van der Waals surface area (Å²) in [5.41, 5.74) is 5.59. The van der Waals surface area contributed by atoms with Crippen LogP contribution in [0, 0.1) is 0 Å². The summed E-state index contributed by atoms with van der Waals surface area (Å²) in [5, 5.41) is 3.83. The van der Waals surface area contributed by atoms with E-state index in [0.29, 0.717) is 11.7 Å². The summed E-state index contributed by atoms with van der Waals surface area (Å²) < 4.78 is 10.4.